The second-order valence-corrected chi connectivity index (χ2v) is 8.41. The molecule has 0 aliphatic carbocycles. The zero-order valence-corrected chi connectivity index (χ0v) is 16.4. The van der Waals surface area contributed by atoms with Gasteiger partial charge in [-0.25, -0.2) is 0 Å². The Morgan fingerprint density at radius 2 is 1.00 bits per heavy atom. The molecule has 0 N–H and O–H groups in total. The predicted molar refractivity (Wildman–Crippen MR) is 104 cm³/mol. The van der Waals surface area contributed by atoms with E-state index in [2.05, 4.69) is 86.6 Å². The van der Waals surface area contributed by atoms with E-state index in [1.54, 1.807) is 0 Å². The molecule has 0 heteroatoms. The van der Waals surface area contributed by atoms with Crippen LogP contribution in [-0.4, -0.2) is 0 Å². The summed E-state index contributed by atoms with van der Waals surface area (Å²) >= 11 is 0. The Labute approximate surface area is 143 Å². The fourth-order valence-electron chi connectivity index (χ4n) is 4.37. The van der Waals surface area contributed by atoms with Crippen LogP contribution in [0.2, 0.25) is 0 Å². The van der Waals surface area contributed by atoms with Gasteiger partial charge < -0.3 is 0 Å². The highest BCUT2D eigenvalue weighted by Gasteiger charge is 2.20. The third-order valence-corrected chi connectivity index (χ3v) is 4.79. The SMILES string of the molecule is Cc1cc(-c2cc(C)c(C(C)(C)C)c(C)c2)cc(C)c1C(C)C. The Bertz CT molecular complexity index is 678. The van der Waals surface area contributed by atoms with Crippen molar-refractivity contribution in [3.63, 3.8) is 0 Å². The van der Waals surface area contributed by atoms with Crippen molar-refractivity contribution in [2.45, 2.75) is 73.6 Å². The van der Waals surface area contributed by atoms with Crippen LogP contribution in [0.5, 0.6) is 0 Å². The topological polar surface area (TPSA) is 0 Å². The summed E-state index contributed by atoms with van der Waals surface area (Å²) in [6, 6.07) is 9.42. The van der Waals surface area contributed by atoms with Crippen molar-refractivity contribution in [2.75, 3.05) is 0 Å². The lowest BCUT2D eigenvalue weighted by Crippen LogP contribution is -2.15. The zero-order chi connectivity index (χ0) is 17.5. The minimum atomic E-state index is 0.194. The quantitative estimate of drug-likeness (QED) is 0.560. The molecule has 0 unspecified atom stereocenters. The monoisotopic (exact) mass is 308 g/mol. The maximum Gasteiger partial charge on any atom is -0.0127 e. The zero-order valence-electron chi connectivity index (χ0n) is 16.4. The number of hydrogen-bond acceptors (Lipinski definition) is 0. The predicted octanol–water partition coefficient (Wildman–Crippen LogP) is 7.01. The summed E-state index contributed by atoms with van der Waals surface area (Å²) in [6.45, 7) is 20.4. The highest BCUT2D eigenvalue weighted by molar-refractivity contribution is 5.69. The van der Waals surface area contributed by atoms with Gasteiger partial charge in [0.25, 0.3) is 0 Å². The van der Waals surface area contributed by atoms with Gasteiger partial charge in [-0.2, -0.15) is 0 Å². The van der Waals surface area contributed by atoms with Crippen molar-refractivity contribution in [2.24, 2.45) is 0 Å². The van der Waals surface area contributed by atoms with E-state index < -0.39 is 0 Å². The molecule has 0 bridgehead atoms. The molecule has 0 fully saturated rings. The van der Waals surface area contributed by atoms with Gasteiger partial charge in [-0.15, -0.1) is 0 Å². The van der Waals surface area contributed by atoms with E-state index in [0.717, 1.165) is 0 Å². The van der Waals surface area contributed by atoms with E-state index in [1.807, 2.05) is 0 Å². The second-order valence-electron chi connectivity index (χ2n) is 8.41. The molecule has 0 amide bonds. The molecule has 0 nitrogen and oxygen atoms in total. The van der Waals surface area contributed by atoms with Crippen LogP contribution in [0.3, 0.4) is 0 Å². The lowest BCUT2D eigenvalue weighted by molar-refractivity contribution is 0.582. The minimum absolute atomic E-state index is 0.194. The summed E-state index contributed by atoms with van der Waals surface area (Å²) in [5.41, 5.74) is 11.5. The molecule has 2 aromatic carbocycles. The number of hydrogen-bond donors (Lipinski definition) is 0. The molecule has 0 spiro atoms. The van der Waals surface area contributed by atoms with Crippen LogP contribution in [0.25, 0.3) is 11.1 Å². The number of aryl methyl sites for hydroxylation is 4. The standard InChI is InChI=1S/C23H32/c1-14(2)21-15(3)10-19(11-16(21)4)20-12-17(5)22(18(6)13-20)23(7,8)9/h10-14H,1-9H3. The van der Waals surface area contributed by atoms with Gasteiger partial charge in [-0.3, -0.25) is 0 Å². The van der Waals surface area contributed by atoms with Crippen LogP contribution < -0.4 is 0 Å². The van der Waals surface area contributed by atoms with Gasteiger partial charge in [0.1, 0.15) is 0 Å². The van der Waals surface area contributed by atoms with Crippen LogP contribution in [0.4, 0.5) is 0 Å². The van der Waals surface area contributed by atoms with E-state index in [9.17, 15) is 0 Å². The first kappa shape index (κ1) is 17.8. The van der Waals surface area contributed by atoms with Crippen LogP contribution >= 0.6 is 0 Å². The van der Waals surface area contributed by atoms with E-state index in [0.29, 0.717) is 5.92 Å². The van der Waals surface area contributed by atoms with Crippen molar-refractivity contribution >= 4 is 0 Å². The fourth-order valence-corrected chi connectivity index (χ4v) is 4.37. The Morgan fingerprint density at radius 1 is 0.652 bits per heavy atom. The highest BCUT2D eigenvalue weighted by Crippen LogP contribution is 2.35. The lowest BCUT2D eigenvalue weighted by atomic mass is 9.79. The molecular weight excluding hydrogens is 276 g/mol. The van der Waals surface area contributed by atoms with Crippen molar-refractivity contribution in [1.29, 1.82) is 0 Å². The molecule has 0 atom stereocenters. The lowest BCUT2D eigenvalue weighted by Gasteiger charge is -2.25. The Kier molecular flexibility index (Phi) is 4.76. The molecule has 2 rings (SSSR count). The van der Waals surface area contributed by atoms with E-state index in [4.69, 9.17) is 0 Å². The summed E-state index contributed by atoms with van der Waals surface area (Å²) in [7, 11) is 0. The minimum Gasteiger partial charge on any atom is -0.0587 e. The molecule has 0 radical (unpaired) electrons. The largest absolute Gasteiger partial charge is 0.0587 e. The van der Waals surface area contributed by atoms with Gasteiger partial charge >= 0.3 is 0 Å². The molecule has 124 valence electrons. The van der Waals surface area contributed by atoms with Gasteiger partial charge in [-0.05, 0) is 83.5 Å². The van der Waals surface area contributed by atoms with E-state index in [-0.39, 0.29) is 5.41 Å². The normalized spacial score (nSPS) is 12.1. The average molecular weight is 309 g/mol. The Hall–Kier alpha value is -1.56. The molecule has 2 aromatic rings. The first-order valence-electron chi connectivity index (χ1n) is 8.75. The molecule has 0 aliphatic rings. The molecule has 0 aromatic heterocycles. The van der Waals surface area contributed by atoms with Crippen LogP contribution in [0.1, 0.15) is 73.9 Å². The fraction of sp³-hybridized carbons (Fsp3) is 0.478. The van der Waals surface area contributed by atoms with Crippen LogP contribution in [0.15, 0.2) is 24.3 Å². The van der Waals surface area contributed by atoms with Crippen molar-refractivity contribution in [3.05, 3.63) is 57.6 Å². The van der Waals surface area contributed by atoms with E-state index >= 15 is 0 Å². The second kappa shape index (κ2) is 6.15. The Morgan fingerprint density at radius 3 is 1.30 bits per heavy atom. The van der Waals surface area contributed by atoms with Crippen molar-refractivity contribution in [3.8, 4) is 11.1 Å². The average Bonchev–Trinajstić information content (AvgIpc) is 2.34. The summed E-state index contributed by atoms with van der Waals surface area (Å²) in [6.07, 6.45) is 0. The smallest absolute Gasteiger partial charge is 0.0127 e. The molecule has 0 saturated carbocycles. The summed E-state index contributed by atoms with van der Waals surface area (Å²) in [4.78, 5) is 0. The highest BCUT2D eigenvalue weighted by atomic mass is 14.2. The van der Waals surface area contributed by atoms with Gasteiger partial charge in [-0.1, -0.05) is 58.9 Å². The third kappa shape index (κ3) is 3.52. The molecule has 23 heavy (non-hydrogen) atoms. The van der Waals surface area contributed by atoms with Gasteiger partial charge in [0, 0.05) is 0 Å². The van der Waals surface area contributed by atoms with Crippen LogP contribution in [-0.2, 0) is 5.41 Å². The first-order chi connectivity index (χ1) is 10.5. The maximum absolute atomic E-state index is 2.36. The molecule has 0 aliphatic heterocycles. The van der Waals surface area contributed by atoms with Gasteiger partial charge in [0.2, 0.25) is 0 Å². The molecule has 0 saturated heterocycles. The number of benzene rings is 2. The first-order valence-corrected chi connectivity index (χ1v) is 8.75. The van der Waals surface area contributed by atoms with Crippen LogP contribution in [0, 0.1) is 27.7 Å². The third-order valence-electron chi connectivity index (χ3n) is 4.79. The van der Waals surface area contributed by atoms with Gasteiger partial charge in [0.05, 0.1) is 0 Å². The summed E-state index contributed by atoms with van der Waals surface area (Å²) in [5.74, 6) is 0.579. The van der Waals surface area contributed by atoms with E-state index in [1.165, 1.54) is 44.5 Å². The Balaban J connectivity index is 2.61. The van der Waals surface area contributed by atoms with Gasteiger partial charge in [0.15, 0.2) is 0 Å². The molecule has 0 heterocycles. The van der Waals surface area contributed by atoms with Crippen molar-refractivity contribution < 1.29 is 0 Å². The van der Waals surface area contributed by atoms with Crippen molar-refractivity contribution in [1.82, 2.24) is 0 Å². The number of rotatable bonds is 2. The molecular formula is C23H32. The summed E-state index contributed by atoms with van der Waals surface area (Å²) < 4.78 is 0. The maximum atomic E-state index is 2.36. The summed E-state index contributed by atoms with van der Waals surface area (Å²) in [5, 5.41) is 0.